The van der Waals surface area contributed by atoms with E-state index in [0.717, 1.165) is 32.5 Å². The number of carbonyl (C=O) groups excluding carboxylic acids is 1. The summed E-state index contributed by atoms with van der Waals surface area (Å²) in [7, 11) is 0. The van der Waals surface area contributed by atoms with Crippen molar-refractivity contribution in [1.82, 2.24) is 10.2 Å². The molecule has 0 spiro atoms. The molecule has 2 aromatic rings. The van der Waals surface area contributed by atoms with Gasteiger partial charge in [-0.05, 0) is 36.6 Å². The van der Waals surface area contributed by atoms with E-state index in [1.165, 1.54) is 5.56 Å². The van der Waals surface area contributed by atoms with Crippen molar-refractivity contribution in [2.75, 3.05) is 19.7 Å². The number of hydrogen-bond acceptors (Lipinski definition) is 3. The van der Waals surface area contributed by atoms with E-state index in [-0.39, 0.29) is 18.6 Å². The van der Waals surface area contributed by atoms with Crippen LogP contribution in [-0.2, 0) is 11.3 Å². The SMILES string of the molecule is O=C(COc1ccc(Cl)cc1Cl)NC1CCN(Cc2ccccc2)CC1. The Morgan fingerprint density at radius 2 is 1.85 bits per heavy atom. The number of amides is 1. The van der Waals surface area contributed by atoms with Crippen LogP contribution in [0.2, 0.25) is 10.0 Å². The van der Waals surface area contributed by atoms with Crippen molar-refractivity contribution in [3.05, 3.63) is 64.1 Å². The van der Waals surface area contributed by atoms with E-state index < -0.39 is 0 Å². The van der Waals surface area contributed by atoms with Crippen molar-refractivity contribution >= 4 is 29.1 Å². The minimum atomic E-state index is -0.127. The summed E-state index contributed by atoms with van der Waals surface area (Å²) >= 11 is 11.9. The summed E-state index contributed by atoms with van der Waals surface area (Å²) in [6.45, 7) is 2.86. The minimum Gasteiger partial charge on any atom is -0.482 e. The molecule has 1 heterocycles. The van der Waals surface area contributed by atoms with Gasteiger partial charge in [0.15, 0.2) is 6.61 Å². The number of benzene rings is 2. The predicted octanol–water partition coefficient (Wildman–Crippen LogP) is 4.15. The number of rotatable bonds is 6. The second kappa shape index (κ2) is 9.26. The fourth-order valence-electron chi connectivity index (χ4n) is 3.08. The van der Waals surface area contributed by atoms with E-state index >= 15 is 0 Å². The molecule has 1 amide bonds. The summed E-state index contributed by atoms with van der Waals surface area (Å²) in [4.78, 5) is 14.5. The molecule has 0 unspecified atom stereocenters. The van der Waals surface area contributed by atoms with Crippen LogP contribution in [0, 0.1) is 0 Å². The lowest BCUT2D eigenvalue weighted by Gasteiger charge is -2.32. The Labute approximate surface area is 164 Å². The average Bonchev–Trinajstić information content (AvgIpc) is 2.63. The summed E-state index contributed by atoms with van der Waals surface area (Å²) in [5, 5.41) is 3.98. The molecule has 0 aliphatic carbocycles. The smallest absolute Gasteiger partial charge is 0.258 e. The highest BCUT2D eigenvalue weighted by Crippen LogP contribution is 2.27. The molecular formula is C20H22Cl2N2O2. The number of nitrogens with one attached hydrogen (secondary N) is 1. The molecule has 0 radical (unpaired) electrons. The third-order valence-electron chi connectivity index (χ3n) is 4.45. The number of piperidine rings is 1. The lowest BCUT2D eigenvalue weighted by Crippen LogP contribution is -2.45. The molecule has 2 aromatic carbocycles. The molecule has 4 nitrogen and oxygen atoms in total. The van der Waals surface area contributed by atoms with Gasteiger partial charge in [0.05, 0.1) is 5.02 Å². The average molecular weight is 393 g/mol. The first-order valence-corrected chi connectivity index (χ1v) is 9.49. The molecule has 0 bridgehead atoms. The summed E-state index contributed by atoms with van der Waals surface area (Å²) in [5.41, 5.74) is 1.32. The highest BCUT2D eigenvalue weighted by atomic mass is 35.5. The van der Waals surface area contributed by atoms with Crippen LogP contribution in [-0.4, -0.2) is 36.5 Å². The van der Waals surface area contributed by atoms with Gasteiger partial charge in [0.2, 0.25) is 0 Å². The van der Waals surface area contributed by atoms with Crippen LogP contribution in [0.5, 0.6) is 5.75 Å². The molecule has 1 saturated heterocycles. The van der Waals surface area contributed by atoms with E-state index in [0.29, 0.717) is 15.8 Å². The summed E-state index contributed by atoms with van der Waals surface area (Å²) in [6.07, 6.45) is 1.89. The minimum absolute atomic E-state index is 0.0500. The quantitative estimate of drug-likeness (QED) is 0.802. The molecule has 6 heteroatoms. The Hall–Kier alpha value is -1.75. The van der Waals surface area contributed by atoms with Crippen molar-refractivity contribution < 1.29 is 9.53 Å². The summed E-state index contributed by atoms with van der Waals surface area (Å²) in [6, 6.07) is 15.6. The number of halogens is 2. The fraction of sp³-hybridized carbons (Fsp3) is 0.350. The number of likely N-dealkylation sites (tertiary alicyclic amines) is 1. The maximum atomic E-state index is 12.1. The van der Waals surface area contributed by atoms with Crippen molar-refractivity contribution in [2.24, 2.45) is 0 Å². The molecule has 1 aliphatic heterocycles. The first-order chi connectivity index (χ1) is 12.6. The van der Waals surface area contributed by atoms with Gasteiger partial charge in [0.25, 0.3) is 5.91 Å². The Balaban J connectivity index is 1.39. The van der Waals surface area contributed by atoms with Gasteiger partial charge in [-0.3, -0.25) is 9.69 Å². The number of hydrogen-bond donors (Lipinski definition) is 1. The molecule has 0 aromatic heterocycles. The van der Waals surface area contributed by atoms with Crippen LogP contribution in [0.3, 0.4) is 0 Å². The van der Waals surface area contributed by atoms with Crippen LogP contribution >= 0.6 is 23.2 Å². The highest BCUT2D eigenvalue weighted by Gasteiger charge is 2.21. The van der Waals surface area contributed by atoms with E-state index in [1.54, 1.807) is 18.2 Å². The Bertz CT molecular complexity index is 732. The zero-order valence-corrected chi connectivity index (χ0v) is 16.0. The lowest BCUT2D eigenvalue weighted by molar-refractivity contribution is -0.124. The summed E-state index contributed by atoms with van der Waals surface area (Å²) in [5.74, 6) is 0.335. The second-order valence-electron chi connectivity index (χ2n) is 6.47. The van der Waals surface area contributed by atoms with Crippen molar-refractivity contribution in [3.8, 4) is 5.75 Å². The fourth-order valence-corrected chi connectivity index (χ4v) is 3.54. The van der Waals surface area contributed by atoms with Crippen molar-refractivity contribution in [2.45, 2.75) is 25.4 Å². The van der Waals surface area contributed by atoms with E-state index in [9.17, 15) is 4.79 Å². The normalized spacial score (nSPS) is 15.6. The molecule has 3 rings (SSSR count). The zero-order valence-electron chi connectivity index (χ0n) is 14.5. The molecule has 1 fully saturated rings. The topological polar surface area (TPSA) is 41.6 Å². The number of nitrogens with zero attached hydrogens (tertiary/aromatic N) is 1. The largest absolute Gasteiger partial charge is 0.482 e. The zero-order chi connectivity index (χ0) is 18.4. The molecular weight excluding hydrogens is 371 g/mol. The van der Waals surface area contributed by atoms with Crippen LogP contribution < -0.4 is 10.1 Å². The van der Waals surface area contributed by atoms with E-state index in [1.807, 2.05) is 6.07 Å². The van der Waals surface area contributed by atoms with Gasteiger partial charge >= 0.3 is 0 Å². The first-order valence-electron chi connectivity index (χ1n) is 8.73. The van der Waals surface area contributed by atoms with Gasteiger partial charge in [-0.1, -0.05) is 53.5 Å². The van der Waals surface area contributed by atoms with Crippen LogP contribution in [0.4, 0.5) is 0 Å². The monoisotopic (exact) mass is 392 g/mol. The molecule has 138 valence electrons. The van der Waals surface area contributed by atoms with Gasteiger partial charge < -0.3 is 10.1 Å². The number of carbonyl (C=O) groups is 1. The van der Waals surface area contributed by atoms with Crippen LogP contribution in [0.1, 0.15) is 18.4 Å². The Morgan fingerprint density at radius 3 is 2.54 bits per heavy atom. The molecule has 0 atom stereocenters. The van der Waals surface area contributed by atoms with Crippen molar-refractivity contribution in [1.29, 1.82) is 0 Å². The highest BCUT2D eigenvalue weighted by molar-refractivity contribution is 6.35. The van der Waals surface area contributed by atoms with Crippen molar-refractivity contribution in [3.63, 3.8) is 0 Å². The molecule has 0 saturated carbocycles. The van der Waals surface area contributed by atoms with Gasteiger partial charge in [-0.25, -0.2) is 0 Å². The van der Waals surface area contributed by atoms with Gasteiger partial charge in [-0.15, -0.1) is 0 Å². The first kappa shape index (κ1) is 19.0. The third kappa shape index (κ3) is 5.63. The second-order valence-corrected chi connectivity index (χ2v) is 7.31. The Kier molecular flexibility index (Phi) is 6.78. The van der Waals surface area contributed by atoms with Crippen LogP contribution in [0.15, 0.2) is 48.5 Å². The molecule has 1 aliphatic rings. The van der Waals surface area contributed by atoms with Gasteiger partial charge in [-0.2, -0.15) is 0 Å². The van der Waals surface area contributed by atoms with Gasteiger partial charge in [0, 0.05) is 30.7 Å². The molecule has 26 heavy (non-hydrogen) atoms. The maximum absolute atomic E-state index is 12.1. The van der Waals surface area contributed by atoms with Crippen LogP contribution in [0.25, 0.3) is 0 Å². The Morgan fingerprint density at radius 1 is 1.12 bits per heavy atom. The standard InChI is InChI=1S/C20H22Cl2N2O2/c21-16-6-7-19(18(22)12-16)26-14-20(25)23-17-8-10-24(11-9-17)13-15-4-2-1-3-5-15/h1-7,12,17H,8-11,13-14H2,(H,23,25). The van der Waals surface area contributed by atoms with Gasteiger partial charge in [0.1, 0.15) is 5.75 Å². The maximum Gasteiger partial charge on any atom is 0.258 e. The van der Waals surface area contributed by atoms with E-state index in [2.05, 4.69) is 34.5 Å². The predicted molar refractivity (Wildman–Crippen MR) is 105 cm³/mol. The third-order valence-corrected chi connectivity index (χ3v) is 4.98. The molecule has 1 N–H and O–H groups in total. The lowest BCUT2D eigenvalue weighted by atomic mass is 10.0. The number of ether oxygens (including phenoxy) is 1. The van der Waals surface area contributed by atoms with E-state index in [4.69, 9.17) is 27.9 Å². The summed E-state index contributed by atoms with van der Waals surface area (Å²) < 4.78 is 5.48.